The molecule has 1 heterocycles. The number of nitrogens with one attached hydrogen (secondary N) is 1. The highest BCUT2D eigenvalue weighted by atomic mass is 19.1. The molecule has 0 radical (unpaired) electrons. The maximum absolute atomic E-state index is 13.3. The fraction of sp³-hybridized carbons (Fsp3) is 0.357. The van der Waals surface area contributed by atoms with Gasteiger partial charge in [0.2, 0.25) is 0 Å². The lowest BCUT2D eigenvalue weighted by atomic mass is 10.1. The third kappa shape index (κ3) is 3.12. The van der Waals surface area contributed by atoms with E-state index in [1.807, 2.05) is 24.7 Å². The van der Waals surface area contributed by atoms with Crippen LogP contribution in [-0.4, -0.2) is 16.9 Å². The molecule has 1 aromatic carbocycles. The van der Waals surface area contributed by atoms with Crippen LogP contribution in [0.15, 0.2) is 30.5 Å². The van der Waals surface area contributed by atoms with Crippen LogP contribution >= 0.6 is 0 Å². The van der Waals surface area contributed by atoms with E-state index in [1.54, 1.807) is 19.4 Å². The standard InChI is InChI=1S/C14H18FN3O/c1-10(16-9-12-6-7-17-18(12)2)13-8-11(15)4-5-14(13)19-3/h4-8,10,16H,9H2,1-3H3. The SMILES string of the molecule is COc1ccc(F)cc1C(C)NCc1ccnn1C. The summed E-state index contributed by atoms with van der Waals surface area (Å²) in [5.41, 5.74) is 1.88. The van der Waals surface area contributed by atoms with E-state index in [9.17, 15) is 4.39 Å². The third-order valence-electron chi connectivity index (χ3n) is 3.17. The van der Waals surface area contributed by atoms with Gasteiger partial charge in [0.15, 0.2) is 0 Å². The molecule has 2 rings (SSSR count). The lowest BCUT2D eigenvalue weighted by molar-refractivity contribution is 0.399. The van der Waals surface area contributed by atoms with Crippen LogP contribution in [0.3, 0.4) is 0 Å². The molecule has 0 aliphatic rings. The van der Waals surface area contributed by atoms with Crippen molar-refractivity contribution in [1.82, 2.24) is 15.1 Å². The predicted molar refractivity (Wildman–Crippen MR) is 71.4 cm³/mol. The molecular weight excluding hydrogens is 245 g/mol. The minimum Gasteiger partial charge on any atom is -0.496 e. The summed E-state index contributed by atoms with van der Waals surface area (Å²) in [7, 11) is 3.48. The zero-order chi connectivity index (χ0) is 13.8. The second-order valence-corrected chi connectivity index (χ2v) is 4.44. The molecule has 0 saturated heterocycles. The summed E-state index contributed by atoms with van der Waals surface area (Å²) in [6.07, 6.45) is 1.75. The minimum absolute atomic E-state index is 0.0134. The zero-order valence-electron chi connectivity index (χ0n) is 11.4. The molecule has 0 saturated carbocycles. The average Bonchev–Trinajstić information content (AvgIpc) is 2.81. The lowest BCUT2D eigenvalue weighted by Crippen LogP contribution is -2.20. The summed E-state index contributed by atoms with van der Waals surface area (Å²) < 4.78 is 20.4. The second-order valence-electron chi connectivity index (χ2n) is 4.44. The topological polar surface area (TPSA) is 39.1 Å². The van der Waals surface area contributed by atoms with E-state index < -0.39 is 0 Å². The molecule has 19 heavy (non-hydrogen) atoms. The van der Waals surface area contributed by atoms with Gasteiger partial charge in [-0.15, -0.1) is 0 Å². The van der Waals surface area contributed by atoms with Gasteiger partial charge >= 0.3 is 0 Å². The molecule has 0 spiro atoms. The summed E-state index contributed by atoms with van der Waals surface area (Å²) in [6, 6.07) is 6.48. The summed E-state index contributed by atoms with van der Waals surface area (Å²) in [5.74, 6) is 0.427. The van der Waals surface area contributed by atoms with Gasteiger partial charge in [0.1, 0.15) is 11.6 Å². The minimum atomic E-state index is -0.259. The van der Waals surface area contributed by atoms with E-state index in [1.165, 1.54) is 12.1 Å². The van der Waals surface area contributed by atoms with Gasteiger partial charge < -0.3 is 10.1 Å². The Morgan fingerprint density at radius 3 is 2.84 bits per heavy atom. The average molecular weight is 263 g/mol. The number of benzene rings is 1. The highest BCUT2D eigenvalue weighted by molar-refractivity contribution is 5.36. The van der Waals surface area contributed by atoms with Crippen LogP contribution in [0.2, 0.25) is 0 Å². The molecule has 102 valence electrons. The molecule has 0 fully saturated rings. The van der Waals surface area contributed by atoms with Gasteiger partial charge in [-0.2, -0.15) is 5.10 Å². The van der Waals surface area contributed by atoms with Crippen LogP contribution < -0.4 is 10.1 Å². The molecule has 0 aliphatic heterocycles. The van der Waals surface area contributed by atoms with Gasteiger partial charge in [0.05, 0.1) is 12.8 Å². The van der Waals surface area contributed by atoms with Crippen molar-refractivity contribution in [2.24, 2.45) is 7.05 Å². The van der Waals surface area contributed by atoms with Crippen molar-refractivity contribution in [3.05, 3.63) is 47.5 Å². The Hall–Kier alpha value is -1.88. The quantitative estimate of drug-likeness (QED) is 0.900. The molecule has 4 nitrogen and oxygen atoms in total. The van der Waals surface area contributed by atoms with Crippen LogP contribution in [-0.2, 0) is 13.6 Å². The number of aryl methyl sites for hydroxylation is 1. The Labute approximate surface area is 112 Å². The van der Waals surface area contributed by atoms with Crippen LogP contribution in [0.25, 0.3) is 0 Å². The van der Waals surface area contributed by atoms with Crippen molar-refractivity contribution in [2.45, 2.75) is 19.5 Å². The van der Waals surface area contributed by atoms with E-state index in [2.05, 4.69) is 10.4 Å². The Bertz CT molecular complexity index is 553. The molecule has 1 atom stereocenters. The first kappa shape index (κ1) is 13.5. The zero-order valence-corrected chi connectivity index (χ0v) is 11.4. The van der Waals surface area contributed by atoms with E-state index >= 15 is 0 Å². The maximum atomic E-state index is 13.3. The number of halogens is 1. The summed E-state index contributed by atoms with van der Waals surface area (Å²) in [5, 5.41) is 7.44. The van der Waals surface area contributed by atoms with Gasteiger partial charge in [-0.25, -0.2) is 4.39 Å². The Kier molecular flexibility index (Phi) is 4.16. The first-order valence-electron chi connectivity index (χ1n) is 6.15. The van der Waals surface area contributed by atoms with Crippen LogP contribution in [0.4, 0.5) is 4.39 Å². The molecule has 0 aliphatic carbocycles. The fourth-order valence-corrected chi connectivity index (χ4v) is 1.99. The van der Waals surface area contributed by atoms with Gasteiger partial charge in [0.25, 0.3) is 0 Å². The van der Waals surface area contributed by atoms with E-state index in [4.69, 9.17) is 4.74 Å². The van der Waals surface area contributed by atoms with Crippen LogP contribution in [0.1, 0.15) is 24.2 Å². The Balaban J connectivity index is 2.09. The molecule has 0 amide bonds. The number of methoxy groups -OCH3 is 1. The number of aromatic nitrogens is 2. The van der Waals surface area contributed by atoms with E-state index in [0.717, 1.165) is 11.3 Å². The Morgan fingerprint density at radius 2 is 2.21 bits per heavy atom. The molecule has 5 heteroatoms. The highest BCUT2D eigenvalue weighted by Gasteiger charge is 2.12. The van der Waals surface area contributed by atoms with E-state index in [0.29, 0.717) is 12.3 Å². The van der Waals surface area contributed by atoms with Gasteiger partial charge in [-0.05, 0) is 31.2 Å². The van der Waals surface area contributed by atoms with Crippen molar-refractivity contribution in [2.75, 3.05) is 7.11 Å². The first-order chi connectivity index (χ1) is 9.11. The predicted octanol–water partition coefficient (Wildman–Crippen LogP) is 2.42. The largest absolute Gasteiger partial charge is 0.496 e. The molecule has 0 bridgehead atoms. The van der Waals surface area contributed by atoms with Crippen molar-refractivity contribution >= 4 is 0 Å². The molecule has 1 unspecified atom stereocenters. The van der Waals surface area contributed by atoms with Crippen molar-refractivity contribution in [3.63, 3.8) is 0 Å². The number of hydrogen-bond donors (Lipinski definition) is 1. The first-order valence-corrected chi connectivity index (χ1v) is 6.15. The van der Waals surface area contributed by atoms with Gasteiger partial charge in [0, 0.05) is 31.4 Å². The number of ether oxygens (including phenoxy) is 1. The smallest absolute Gasteiger partial charge is 0.123 e. The lowest BCUT2D eigenvalue weighted by Gasteiger charge is -2.17. The van der Waals surface area contributed by atoms with Crippen molar-refractivity contribution in [1.29, 1.82) is 0 Å². The molecule has 2 aromatic rings. The van der Waals surface area contributed by atoms with Crippen molar-refractivity contribution < 1.29 is 9.13 Å². The monoisotopic (exact) mass is 263 g/mol. The fourth-order valence-electron chi connectivity index (χ4n) is 1.99. The van der Waals surface area contributed by atoms with Gasteiger partial charge in [-0.3, -0.25) is 4.68 Å². The van der Waals surface area contributed by atoms with Crippen LogP contribution in [0.5, 0.6) is 5.75 Å². The summed E-state index contributed by atoms with van der Waals surface area (Å²) >= 11 is 0. The van der Waals surface area contributed by atoms with Crippen LogP contribution in [0, 0.1) is 5.82 Å². The highest BCUT2D eigenvalue weighted by Crippen LogP contribution is 2.25. The van der Waals surface area contributed by atoms with E-state index in [-0.39, 0.29) is 11.9 Å². The van der Waals surface area contributed by atoms with Gasteiger partial charge in [-0.1, -0.05) is 0 Å². The maximum Gasteiger partial charge on any atom is 0.123 e. The number of hydrogen-bond acceptors (Lipinski definition) is 3. The molecular formula is C14H18FN3O. The second kappa shape index (κ2) is 5.84. The number of rotatable bonds is 5. The molecule has 1 N–H and O–H groups in total. The summed E-state index contributed by atoms with van der Waals surface area (Å²) in [6.45, 7) is 2.64. The Morgan fingerprint density at radius 1 is 1.42 bits per heavy atom. The third-order valence-corrected chi connectivity index (χ3v) is 3.17. The normalized spacial score (nSPS) is 12.4. The number of nitrogens with zero attached hydrogens (tertiary/aromatic N) is 2. The summed E-state index contributed by atoms with van der Waals surface area (Å²) in [4.78, 5) is 0. The van der Waals surface area contributed by atoms with Crippen molar-refractivity contribution in [3.8, 4) is 5.75 Å². The molecule has 1 aromatic heterocycles.